The molecule has 1 amide bonds. The van der Waals surface area contributed by atoms with Gasteiger partial charge in [-0.05, 0) is 55.7 Å². The SMILES string of the molecule is CC(C)[C@]1([C@@H]2OC2N2CCc3ccc(C(F)(F)F)cc3C2=O)CC[C@@H](NC2CCOCC2F)C1. The fourth-order valence-corrected chi connectivity index (χ4v) is 6.22. The molecule has 5 rings (SSSR count). The van der Waals surface area contributed by atoms with Crippen LogP contribution in [0.5, 0.6) is 0 Å². The van der Waals surface area contributed by atoms with Gasteiger partial charge in [-0.3, -0.25) is 4.79 Å². The maximum absolute atomic E-state index is 14.3. The summed E-state index contributed by atoms with van der Waals surface area (Å²) in [4.78, 5) is 14.8. The van der Waals surface area contributed by atoms with Crippen LogP contribution in [0.1, 0.15) is 61.0 Å². The zero-order valence-electron chi connectivity index (χ0n) is 19.5. The molecule has 2 saturated heterocycles. The molecule has 1 aromatic rings. The molecule has 34 heavy (non-hydrogen) atoms. The monoisotopic (exact) mass is 484 g/mol. The first-order chi connectivity index (χ1) is 16.1. The molecule has 9 heteroatoms. The number of ether oxygens (including phenoxy) is 2. The number of amides is 1. The minimum Gasteiger partial charge on any atom is -0.378 e. The predicted octanol–water partition coefficient (Wildman–Crippen LogP) is 4.34. The van der Waals surface area contributed by atoms with Crippen LogP contribution in [0.2, 0.25) is 0 Å². The third-order valence-corrected chi connectivity index (χ3v) is 8.36. The Balaban J connectivity index is 1.29. The van der Waals surface area contributed by atoms with Crippen molar-refractivity contribution in [2.75, 3.05) is 19.8 Å². The molecular weight excluding hydrogens is 452 g/mol. The number of nitrogens with one attached hydrogen (secondary N) is 1. The van der Waals surface area contributed by atoms with E-state index in [1.165, 1.54) is 6.07 Å². The Morgan fingerprint density at radius 1 is 1.24 bits per heavy atom. The lowest BCUT2D eigenvalue weighted by molar-refractivity contribution is -0.137. The molecular formula is C25H32F4N2O3. The Kier molecular flexibility index (Phi) is 6.18. The maximum Gasteiger partial charge on any atom is 0.416 e. The molecule has 4 aliphatic rings. The van der Waals surface area contributed by atoms with Crippen LogP contribution < -0.4 is 5.32 Å². The number of hydrogen-bond donors (Lipinski definition) is 1. The van der Waals surface area contributed by atoms with Crippen LogP contribution >= 0.6 is 0 Å². The minimum atomic E-state index is -4.49. The van der Waals surface area contributed by atoms with E-state index < -0.39 is 30.0 Å². The molecule has 188 valence electrons. The van der Waals surface area contributed by atoms with E-state index in [0.717, 1.165) is 31.4 Å². The Morgan fingerprint density at radius 2 is 2.03 bits per heavy atom. The molecule has 3 fully saturated rings. The Bertz CT molecular complexity index is 939. The van der Waals surface area contributed by atoms with Gasteiger partial charge in [0.25, 0.3) is 5.91 Å². The smallest absolute Gasteiger partial charge is 0.378 e. The summed E-state index contributed by atoms with van der Waals surface area (Å²) in [7, 11) is 0. The van der Waals surface area contributed by atoms with Crippen LogP contribution in [0, 0.1) is 11.3 Å². The van der Waals surface area contributed by atoms with Crippen LogP contribution in [0.25, 0.3) is 0 Å². The number of epoxide rings is 1. The number of carbonyl (C=O) groups excluding carboxylic acids is 1. The van der Waals surface area contributed by atoms with Crippen LogP contribution in [0.15, 0.2) is 18.2 Å². The van der Waals surface area contributed by atoms with Crippen molar-refractivity contribution < 1.29 is 31.8 Å². The van der Waals surface area contributed by atoms with Gasteiger partial charge in [0.05, 0.1) is 12.2 Å². The molecule has 0 radical (unpaired) electrons. The molecule has 1 aliphatic carbocycles. The molecule has 0 aromatic heterocycles. The summed E-state index contributed by atoms with van der Waals surface area (Å²) < 4.78 is 65.2. The van der Waals surface area contributed by atoms with Crippen molar-refractivity contribution in [3.05, 3.63) is 34.9 Å². The number of halogens is 4. The van der Waals surface area contributed by atoms with E-state index in [-0.39, 0.29) is 41.7 Å². The van der Waals surface area contributed by atoms with E-state index in [4.69, 9.17) is 9.47 Å². The van der Waals surface area contributed by atoms with Crippen molar-refractivity contribution in [1.29, 1.82) is 0 Å². The molecule has 3 unspecified atom stereocenters. The van der Waals surface area contributed by atoms with Crippen molar-refractivity contribution in [3.8, 4) is 0 Å². The van der Waals surface area contributed by atoms with E-state index in [2.05, 4.69) is 19.2 Å². The zero-order valence-corrected chi connectivity index (χ0v) is 19.5. The van der Waals surface area contributed by atoms with Crippen LogP contribution in [-0.4, -0.2) is 61.2 Å². The largest absolute Gasteiger partial charge is 0.416 e. The number of fused-ring (bicyclic) bond motifs is 1. The number of carbonyl (C=O) groups is 1. The first-order valence-corrected chi connectivity index (χ1v) is 12.2. The average molecular weight is 485 g/mol. The maximum atomic E-state index is 14.3. The molecule has 0 bridgehead atoms. The summed E-state index contributed by atoms with van der Waals surface area (Å²) in [6, 6.07) is 3.38. The van der Waals surface area contributed by atoms with Gasteiger partial charge >= 0.3 is 6.18 Å². The van der Waals surface area contributed by atoms with Crippen molar-refractivity contribution >= 4 is 5.91 Å². The number of hydrogen-bond acceptors (Lipinski definition) is 4. The zero-order chi connectivity index (χ0) is 24.3. The lowest BCUT2D eigenvalue weighted by Crippen LogP contribution is -2.48. The molecule has 3 heterocycles. The number of benzene rings is 1. The lowest BCUT2D eigenvalue weighted by Gasteiger charge is -2.35. The van der Waals surface area contributed by atoms with Crippen LogP contribution in [-0.2, 0) is 22.1 Å². The molecule has 6 atom stereocenters. The summed E-state index contributed by atoms with van der Waals surface area (Å²) in [6.45, 7) is 5.41. The Morgan fingerprint density at radius 3 is 2.74 bits per heavy atom. The second-order valence-electron chi connectivity index (χ2n) is 10.5. The van der Waals surface area contributed by atoms with Gasteiger partial charge < -0.3 is 19.7 Å². The highest BCUT2D eigenvalue weighted by atomic mass is 19.4. The first kappa shape index (κ1) is 24.0. The van der Waals surface area contributed by atoms with E-state index in [1.54, 1.807) is 4.90 Å². The highest BCUT2D eigenvalue weighted by molar-refractivity contribution is 5.97. The summed E-state index contributed by atoms with van der Waals surface area (Å²) in [5.41, 5.74) is -0.202. The second kappa shape index (κ2) is 8.75. The second-order valence-corrected chi connectivity index (χ2v) is 10.5. The Labute approximate surface area is 197 Å². The highest BCUT2D eigenvalue weighted by Crippen LogP contribution is 2.55. The van der Waals surface area contributed by atoms with Gasteiger partial charge in [0.2, 0.25) is 0 Å². The van der Waals surface area contributed by atoms with Crippen molar-refractivity contribution in [3.63, 3.8) is 0 Å². The highest BCUT2D eigenvalue weighted by Gasteiger charge is 2.61. The Hall–Kier alpha value is -1.71. The summed E-state index contributed by atoms with van der Waals surface area (Å²) in [5, 5.41) is 3.50. The quantitative estimate of drug-likeness (QED) is 0.499. The van der Waals surface area contributed by atoms with Crippen molar-refractivity contribution in [2.45, 2.75) is 82.7 Å². The summed E-state index contributed by atoms with van der Waals surface area (Å²) in [6.07, 6.45) is -2.30. The van der Waals surface area contributed by atoms with Crippen LogP contribution in [0.4, 0.5) is 17.6 Å². The van der Waals surface area contributed by atoms with E-state index >= 15 is 0 Å². The summed E-state index contributed by atoms with van der Waals surface area (Å²) >= 11 is 0. The fourth-order valence-electron chi connectivity index (χ4n) is 6.22. The van der Waals surface area contributed by atoms with Gasteiger partial charge in [-0.2, -0.15) is 13.2 Å². The van der Waals surface area contributed by atoms with Crippen molar-refractivity contribution in [1.82, 2.24) is 10.2 Å². The minimum absolute atomic E-state index is 0.119. The normalized spacial score (nSPS) is 36.1. The molecule has 0 spiro atoms. The molecule has 1 aromatic carbocycles. The standard InChI is InChI=1S/C25H32F4N2O3/c1-14(2)24(8-5-17(12-24)30-20-7-10-33-13-19(20)26)21-23(34-21)31-9-6-15-3-4-16(25(27,28)29)11-18(15)22(31)32/h3-4,11,14,17,19-21,23,30H,5-10,12-13H2,1-2H3/t17-,19?,20?,21-,23?,24+/m1/s1. The lowest BCUT2D eigenvalue weighted by atomic mass is 9.72. The first-order valence-electron chi connectivity index (χ1n) is 12.2. The van der Waals surface area contributed by atoms with Gasteiger partial charge in [-0.1, -0.05) is 19.9 Å². The number of rotatable bonds is 5. The van der Waals surface area contributed by atoms with Gasteiger partial charge in [0, 0.05) is 36.2 Å². The van der Waals surface area contributed by atoms with E-state index in [0.29, 0.717) is 31.6 Å². The molecule has 3 aliphatic heterocycles. The third-order valence-electron chi connectivity index (χ3n) is 8.36. The fraction of sp³-hybridized carbons (Fsp3) is 0.720. The van der Waals surface area contributed by atoms with Gasteiger partial charge in [-0.15, -0.1) is 0 Å². The predicted molar refractivity (Wildman–Crippen MR) is 117 cm³/mol. The molecule has 1 N–H and O–H groups in total. The number of nitrogens with zero attached hydrogens (tertiary/aromatic N) is 1. The van der Waals surface area contributed by atoms with Crippen LogP contribution in [0.3, 0.4) is 0 Å². The third kappa shape index (κ3) is 4.24. The van der Waals surface area contributed by atoms with Crippen molar-refractivity contribution in [2.24, 2.45) is 11.3 Å². The summed E-state index contributed by atoms with van der Waals surface area (Å²) in [5.74, 6) is -0.108. The topological polar surface area (TPSA) is 54.1 Å². The van der Waals surface area contributed by atoms with E-state index in [1.807, 2.05) is 0 Å². The average Bonchev–Trinajstić information content (AvgIpc) is 3.47. The van der Waals surface area contributed by atoms with Gasteiger partial charge in [0.15, 0.2) is 6.23 Å². The molecule has 1 saturated carbocycles. The number of alkyl halides is 4. The van der Waals surface area contributed by atoms with E-state index in [9.17, 15) is 22.4 Å². The van der Waals surface area contributed by atoms with Gasteiger partial charge in [-0.25, -0.2) is 4.39 Å². The molecule has 5 nitrogen and oxygen atoms in total. The van der Waals surface area contributed by atoms with Gasteiger partial charge in [0.1, 0.15) is 12.3 Å².